The number of alkyl halides is 1. The highest BCUT2D eigenvalue weighted by Gasteiger charge is 2.36. The van der Waals surface area contributed by atoms with Gasteiger partial charge in [-0.25, -0.2) is 22.8 Å². The van der Waals surface area contributed by atoms with Crippen LogP contribution in [0, 0.1) is 0 Å². The van der Waals surface area contributed by atoms with E-state index in [0.717, 1.165) is 0 Å². The Bertz CT molecular complexity index is 1150. The molecule has 0 amide bonds. The highest BCUT2D eigenvalue weighted by molar-refractivity contribution is 7.92. The van der Waals surface area contributed by atoms with Gasteiger partial charge in [0.25, 0.3) is 0 Å². The fraction of sp³-hybridized carbons (Fsp3) is 0.400. The van der Waals surface area contributed by atoms with Crippen LogP contribution in [0.5, 0.6) is 0 Å². The van der Waals surface area contributed by atoms with E-state index in [-0.39, 0.29) is 27.2 Å². The van der Waals surface area contributed by atoms with Gasteiger partial charge in [0.05, 0.1) is 4.90 Å². The highest BCUT2D eigenvalue weighted by atomic mass is 32.2. The molecular formula is C20H24FN5O2S. The van der Waals surface area contributed by atoms with Crippen molar-refractivity contribution in [3.63, 3.8) is 0 Å². The molecule has 1 aliphatic carbocycles. The van der Waals surface area contributed by atoms with Crippen LogP contribution in [0.1, 0.15) is 38.6 Å². The number of hydrogen-bond acceptors (Lipinski definition) is 6. The van der Waals surface area contributed by atoms with E-state index in [1.165, 1.54) is 18.5 Å². The zero-order valence-electron chi connectivity index (χ0n) is 16.4. The third-order valence-electron chi connectivity index (χ3n) is 5.69. The van der Waals surface area contributed by atoms with Crippen LogP contribution in [0.3, 0.4) is 0 Å². The first kappa shape index (κ1) is 19.6. The van der Waals surface area contributed by atoms with Gasteiger partial charge in [-0.15, -0.1) is 0 Å². The van der Waals surface area contributed by atoms with Crippen molar-refractivity contribution in [1.82, 2.24) is 14.5 Å². The quantitative estimate of drug-likeness (QED) is 0.670. The molecule has 0 spiro atoms. The molecule has 0 radical (unpaired) electrons. The number of nitrogens with zero attached hydrogens (tertiary/aromatic N) is 3. The maximum absolute atomic E-state index is 14.4. The molecule has 4 rings (SSSR count). The van der Waals surface area contributed by atoms with Crippen molar-refractivity contribution in [3.8, 4) is 0 Å². The molecule has 1 aromatic carbocycles. The highest BCUT2D eigenvalue weighted by Crippen LogP contribution is 2.44. The van der Waals surface area contributed by atoms with Crippen LogP contribution in [0.4, 0.5) is 16.0 Å². The number of nitrogens with one attached hydrogen (secondary N) is 1. The van der Waals surface area contributed by atoms with Crippen molar-refractivity contribution in [2.45, 2.75) is 54.1 Å². The maximum atomic E-state index is 14.4. The van der Waals surface area contributed by atoms with Gasteiger partial charge in [-0.2, -0.15) is 0 Å². The fourth-order valence-electron chi connectivity index (χ4n) is 4.13. The molecule has 9 heteroatoms. The van der Waals surface area contributed by atoms with Crippen molar-refractivity contribution < 1.29 is 12.8 Å². The van der Waals surface area contributed by atoms with Crippen LogP contribution >= 0.6 is 0 Å². The van der Waals surface area contributed by atoms with Crippen molar-refractivity contribution in [3.05, 3.63) is 36.7 Å². The molecule has 29 heavy (non-hydrogen) atoms. The van der Waals surface area contributed by atoms with Crippen molar-refractivity contribution >= 4 is 32.5 Å². The summed E-state index contributed by atoms with van der Waals surface area (Å²) in [5.41, 5.74) is 6.06. The first-order chi connectivity index (χ1) is 13.8. The van der Waals surface area contributed by atoms with E-state index < -0.39 is 15.5 Å². The largest absolute Gasteiger partial charge is 0.384 e. The van der Waals surface area contributed by atoms with Gasteiger partial charge in [-0.05, 0) is 44.7 Å². The molecule has 154 valence electrons. The first-order valence-electron chi connectivity index (χ1n) is 9.57. The Morgan fingerprint density at radius 3 is 2.48 bits per heavy atom. The normalized spacial score (nSPS) is 22.7. The van der Waals surface area contributed by atoms with Crippen LogP contribution in [0.25, 0.3) is 11.0 Å². The number of nitrogens with two attached hydrogens (primary N) is 1. The number of rotatable bonds is 4. The fourth-order valence-corrected chi connectivity index (χ4v) is 5.66. The predicted octanol–water partition coefficient (Wildman–Crippen LogP) is 3.73. The van der Waals surface area contributed by atoms with Gasteiger partial charge in [0.15, 0.2) is 5.82 Å². The van der Waals surface area contributed by atoms with Gasteiger partial charge < -0.3 is 15.6 Å². The molecular weight excluding hydrogens is 393 g/mol. The van der Waals surface area contributed by atoms with Crippen molar-refractivity contribution in [2.75, 3.05) is 18.1 Å². The third-order valence-corrected chi connectivity index (χ3v) is 7.52. The molecule has 1 aliphatic rings. The summed E-state index contributed by atoms with van der Waals surface area (Å²) in [7, 11) is -2.19. The van der Waals surface area contributed by atoms with Crippen LogP contribution < -0.4 is 11.1 Å². The maximum Gasteiger partial charge on any atom is 0.212 e. The summed E-state index contributed by atoms with van der Waals surface area (Å²) < 4.78 is 43.0. The summed E-state index contributed by atoms with van der Waals surface area (Å²) in [6.45, 7) is 1.60. The topological polar surface area (TPSA) is 103 Å². The number of fused-ring (bicyclic) bond motifs is 1. The SMILES string of the molecule is CNc1ncnc2c(S(=O)(=O)c3ccccc3)c(N)n(C3CCC(C)(F)CC3)c12. The van der Waals surface area contributed by atoms with Gasteiger partial charge in [-0.1, -0.05) is 18.2 Å². The summed E-state index contributed by atoms with van der Waals surface area (Å²) in [5.74, 6) is 0.609. The number of halogens is 1. The zero-order chi connectivity index (χ0) is 20.8. The Balaban J connectivity index is 1.97. The Morgan fingerprint density at radius 1 is 1.21 bits per heavy atom. The van der Waals surface area contributed by atoms with E-state index in [0.29, 0.717) is 37.0 Å². The minimum absolute atomic E-state index is 0.0221. The smallest absolute Gasteiger partial charge is 0.212 e. The lowest BCUT2D eigenvalue weighted by Crippen LogP contribution is -2.28. The Kier molecular flexibility index (Phi) is 4.72. The number of anilines is 2. The molecule has 1 fully saturated rings. The molecule has 1 saturated carbocycles. The molecule has 0 aliphatic heterocycles. The van der Waals surface area contributed by atoms with E-state index in [1.54, 1.807) is 36.7 Å². The third kappa shape index (κ3) is 3.23. The van der Waals surface area contributed by atoms with Gasteiger partial charge in [-0.3, -0.25) is 0 Å². The molecule has 3 N–H and O–H groups in total. The lowest BCUT2D eigenvalue weighted by Gasteiger charge is -2.33. The van der Waals surface area contributed by atoms with Crippen LogP contribution in [0.2, 0.25) is 0 Å². The minimum atomic E-state index is -3.90. The second-order valence-electron chi connectivity index (χ2n) is 7.71. The van der Waals surface area contributed by atoms with Crippen LogP contribution in [-0.4, -0.2) is 35.7 Å². The minimum Gasteiger partial charge on any atom is -0.384 e. The van der Waals surface area contributed by atoms with Crippen LogP contribution in [0.15, 0.2) is 46.5 Å². The number of sulfone groups is 1. The standard InChI is InChI=1S/C20H24FN5O2S/c1-20(21)10-8-13(9-11-20)26-16-15(24-12-25-19(16)23-2)17(18(26)22)29(27,28)14-6-4-3-5-7-14/h3-7,12-13H,8-11,22H2,1-2H3,(H,23,24,25). The Morgan fingerprint density at radius 2 is 1.86 bits per heavy atom. The van der Waals surface area contributed by atoms with Gasteiger partial charge in [0, 0.05) is 13.1 Å². The summed E-state index contributed by atoms with van der Waals surface area (Å²) in [6, 6.07) is 8.03. The van der Waals surface area contributed by atoms with Crippen LogP contribution in [-0.2, 0) is 9.84 Å². The molecule has 0 unspecified atom stereocenters. The Hall–Kier alpha value is -2.68. The number of hydrogen-bond donors (Lipinski definition) is 2. The molecule has 2 aromatic heterocycles. The summed E-state index contributed by atoms with van der Waals surface area (Å²) in [6.07, 6.45) is 3.22. The summed E-state index contributed by atoms with van der Waals surface area (Å²) in [4.78, 5) is 8.66. The van der Waals surface area contributed by atoms with Crippen molar-refractivity contribution in [2.24, 2.45) is 0 Å². The Labute approximate surface area is 169 Å². The molecule has 3 aromatic rings. The number of benzene rings is 1. The second kappa shape index (κ2) is 6.98. The van der Waals surface area contributed by atoms with Gasteiger partial charge in [0.2, 0.25) is 9.84 Å². The predicted molar refractivity (Wildman–Crippen MR) is 110 cm³/mol. The molecule has 7 nitrogen and oxygen atoms in total. The number of aromatic nitrogens is 3. The average molecular weight is 418 g/mol. The molecule has 0 saturated heterocycles. The monoisotopic (exact) mass is 417 g/mol. The summed E-state index contributed by atoms with van der Waals surface area (Å²) in [5, 5.41) is 3.00. The van der Waals surface area contributed by atoms with E-state index in [4.69, 9.17) is 5.73 Å². The summed E-state index contributed by atoms with van der Waals surface area (Å²) >= 11 is 0. The van der Waals surface area contributed by atoms with Crippen molar-refractivity contribution in [1.29, 1.82) is 0 Å². The zero-order valence-corrected chi connectivity index (χ0v) is 17.2. The molecule has 2 heterocycles. The molecule has 0 bridgehead atoms. The van der Waals surface area contributed by atoms with E-state index in [2.05, 4.69) is 15.3 Å². The van der Waals surface area contributed by atoms with E-state index in [9.17, 15) is 12.8 Å². The average Bonchev–Trinajstić information content (AvgIpc) is 3.01. The van der Waals surface area contributed by atoms with Gasteiger partial charge in [0.1, 0.15) is 33.7 Å². The second-order valence-corrected chi connectivity index (χ2v) is 9.60. The van der Waals surface area contributed by atoms with E-state index in [1.807, 2.05) is 0 Å². The lowest BCUT2D eigenvalue weighted by atomic mass is 9.85. The van der Waals surface area contributed by atoms with E-state index >= 15 is 0 Å². The number of nitrogen functional groups attached to an aromatic ring is 1. The lowest BCUT2D eigenvalue weighted by molar-refractivity contribution is 0.107. The first-order valence-corrected chi connectivity index (χ1v) is 11.1. The molecule has 0 atom stereocenters. The van der Waals surface area contributed by atoms with Gasteiger partial charge >= 0.3 is 0 Å².